The summed E-state index contributed by atoms with van der Waals surface area (Å²) < 4.78 is 0. The number of carboxylic acid groups (broad SMARTS) is 1. The van der Waals surface area contributed by atoms with E-state index >= 15 is 0 Å². The maximum atomic E-state index is 12.3. The third kappa shape index (κ3) is 6.08. The number of hydrogen-bond acceptors (Lipinski definition) is 6. The number of anilines is 2. The van der Waals surface area contributed by atoms with E-state index in [-0.39, 0.29) is 23.8 Å². The zero-order chi connectivity index (χ0) is 23.1. The monoisotopic (exact) mass is 458 g/mol. The Morgan fingerprint density at radius 1 is 1.09 bits per heavy atom. The van der Waals surface area contributed by atoms with Crippen LogP contribution in [0.25, 0.3) is 0 Å². The second-order valence-electron chi connectivity index (χ2n) is 7.67. The first-order chi connectivity index (χ1) is 15.4. The van der Waals surface area contributed by atoms with E-state index in [1.165, 1.54) is 11.3 Å². The minimum absolute atomic E-state index is 0.0705. The van der Waals surface area contributed by atoms with Gasteiger partial charge in [-0.25, -0.2) is 4.79 Å². The summed E-state index contributed by atoms with van der Waals surface area (Å²) in [4.78, 5) is 43.5. The molecule has 3 rings (SSSR count). The van der Waals surface area contributed by atoms with Crippen LogP contribution >= 0.6 is 11.3 Å². The van der Waals surface area contributed by atoms with Gasteiger partial charge in [-0.3, -0.25) is 14.5 Å². The number of hydrogen-bond donors (Lipinski definition) is 2. The number of piperazine rings is 1. The summed E-state index contributed by atoms with van der Waals surface area (Å²) in [5, 5.41) is 14.3. The highest BCUT2D eigenvalue weighted by atomic mass is 32.1. The van der Waals surface area contributed by atoms with E-state index in [0.29, 0.717) is 38.4 Å². The number of thiophene rings is 1. The topological polar surface area (TPSA) is 93.2 Å². The summed E-state index contributed by atoms with van der Waals surface area (Å²) in [7, 11) is 0. The molecular formula is C23H30N4O4S. The molecule has 1 aliphatic rings. The lowest BCUT2D eigenvalue weighted by atomic mass is 10.1. The molecule has 8 nitrogen and oxygen atoms in total. The Morgan fingerprint density at radius 3 is 2.41 bits per heavy atom. The fourth-order valence-electron chi connectivity index (χ4n) is 3.81. The summed E-state index contributed by atoms with van der Waals surface area (Å²) in [5.74, 6) is -1.19. The van der Waals surface area contributed by atoms with Crippen molar-refractivity contribution in [2.24, 2.45) is 0 Å². The number of rotatable bonds is 9. The fraction of sp³-hybridized carbons (Fsp3) is 0.435. The van der Waals surface area contributed by atoms with Gasteiger partial charge in [0.2, 0.25) is 11.8 Å². The van der Waals surface area contributed by atoms with E-state index in [9.17, 15) is 19.5 Å². The van der Waals surface area contributed by atoms with E-state index in [1.54, 1.807) is 12.1 Å². The minimum atomic E-state index is -1.08. The predicted octanol–water partition coefficient (Wildman–Crippen LogP) is 2.62. The van der Waals surface area contributed by atoms with Gasteiger partial charge in [-0.2, -0.15) is 0 Å². The molecule has 1 aromatic carbocycles. The van der Waals surface area contributed by atoms with Gasteiger partial charge in [0.05, 0.1) is 24.2 Å². The second kappa shape index (κ2) is 11.1. The largest absolute Gasteiger partial charge is 0.478 e. The maximum absolute atomic E-state index is 12.3. The number of benzene rings is 1. The molecule has 1 saturated heterocycles. The van der Waals surface area contributed by atoms with Crippen LogP contribution in [0.1, 0.15) is 29.1 Å². The van der Waals surface area contributed by atoms with Gasteiger partial charge in [0.25, 0.3) is 0 Å². The molecule has 1 aliphatic heterocycles. The maximum Gasteiger partial charge on any atom is 0.337 e. The lowest BCUT2D eigenvalue weighted by Crippen LogP contribution is -2.50. The Bertz CT molecular complexity index is 935. The van der Waals surface area contributed by atoms with Crippen LogP contribution in [0.15, 0.2) is 35.7 Å². The Morgan fingerprint density at radius 2 is 1.81 bits per heavy atom. The van der Waals surface area contributed by atoms with Gasteiger partial charge in [0, 0.05) is 49.8 Å². The van der Waals surface area contributed by atoms with Gasteiger partial charge < -0.3 is 20.2 Å². The van der Waals surface area contributed by atoms with E-state index in [1.807, 2.05) is 42.3 Å². The molecule has 2 amide bonds. The van der Waals surface area contributed by atoms with Gasteiger partial charge in [-0.15, -0.1) is 11.3 Å². The van der Waals surface area contributed by atoms with Crippen molar-refractivity contribution in [1.82, 2.24) is 9.80 Å². The van der Waals surface area contributed by atoms with Crippen LogP contribution in [0.5, 0.6) is 0 Å². The van der Waals surface area contributed by atoms with Gasteiger partial charge in [0.15, 0.2) is 0 Å². The lowest BCUT2D eigenvalue weighted by molar-refractivity contribution is -0.132. The highest BCUT2D eigenvalue weighted by Gasteiger charge is 2.22. The van der Waals surface area contributed by atoms with Crippen LogP contribution in [0, 0.1) is 0 Å². The third-order valence-electron chi connectivity index (χ3n) is 5.63. The molecule has 0 saturated carbocycles. The standard InChI is InChI=1S/C23H30N4O4S/c1-3-26(4-2)22(29)16-25-9-11-27(12-10-25)17-7-8-20(19(14-17)23(30)31)24-21(28)15-18-6-5-13-32-18/h5-8,13-14H,3-4,9-12,15-16H2,1-2H3,(H,24,28)(H,30,31). The summed E-state index contributed by atoms with van der Waals surface area (Å²) in [5.41, 5.74) is 1.17. The average molecular weight is 459 g/mol. The molecule has 0 aliphatic carbocycles. The second-order valence-corrected chi connectivity index (χ2v) is 8.70. The van der Waals surface area contributed by atoms with Crippen molar-refractivity contribution >= 4 is 40.5 Å². The minimum Gasteiger partial charge on any atom is -0.478 e. The molecular weight excluding hydrogens is 428 g/mol. The van der Waals surface area contributed by atoms with Crippen LogP contribution in [0.4, 0.5) is 11.4 Å². The Kier molecular flexibility index (Phi) is 8.24. The van der Waals surface area contributed by atoms with E-state index in [4.69, 9.17) is 0 Å². The van der Waals surface area contributed by atoms with Crippen molar-refractivity contribution < 1.29 is 19.5 Å². The number of nitrogens with one attached hydrogen (secondary N) is 1. The van der Waals surface area contributed by atoms with Crippen LogP contribution < -0.4 is 10.2 Å². The van der Waals surface area contributed by atoms with Crippen molar-refractivity contribution in [2.75, 3.05) is 56.0 Å². The molecule has 2 aromatic rings. The number of aromatic carboxylic acids is 1. The highest BCUT2D eigenvalue weighted by Crippen LogP contribution is 2.25. The van der Waals surface area contributed by atoms with Crippen LogP contribution in [0.3, 0.4) is 0 Å². The SMILES string of the molecule is CCN(CC)C(=O)CN1CCN(c2ccc(NC(=O)Cc3cccs3)c(C(=O)O)c2)CC1. The number of likely N-dealkylation sites (N-methyl/N-ethyl adjacent to an activating group) is 1. The first-order valence-electron chi connectivity index (χ1n) is 10.9. The Balaban J connectivity index is 1.61. The molecule has 172 valence electrons. The first kappa shape index (κ1) is 23.7. The normalized spacial score (nSPS) is 14.2. The van der Waals surface area contributed by atoms with Crippen molar-refractivity contribution in [1.29, 1.82) is 0 Å². The Hall–Kier alpha value is -2.91. The highest BCUT2D eigenvalue weighted by molar-refractivity contribution is 7.10. The molecule has 0 radical (unpaired) electrons. The number of nitrogens with zero attached hydrogens (tertiary/aromatic N) is 3. The summed E-state index contributed by atoms with van der Waals surface area (Å²) in [6.07, 6.45) is 0.215. The average Bonchev–Trinajstić information content (AvgIpc) is 3.28. The molecule has 0 bridgehead atoms. The lowest BCUT2D eigenvalue weighted by Gasteiger charge is -2.36. The van der Waals surface area contributed by atoms with Gasteiger partial charge in [-0.05, 0) is 43.5 Å². The first-order valence-corrected chi connectivity index (χ1v) is 11.7. The zero-order valence-corrected chi connectivity index (χ0v) is 19.4. The smallest absolute Gasteiger partial charge is 0.337 e. The van der Waals surface area contributed by atoms with Gasteiger partial charge in [0.1, 0.15) is 0 Å². The van der Waals surface area contributed by atoms with Crippen molar-refractivity contribution in [3.63, 3.8) is 0 Å². The summed E-state index contributed by atoms with van der Waals surface area (Å²) in [6, 6.07) is 8.86. The third-order valence-corrected chi connectivity index (χ3v) is 6.51. The van der Waals surface area contributed by atoms with Crippen molar-refractivity contribution in [2.45, 2.75) is 20.3 Å². The molecule has 1 aromatic heterocycles. The number of amides is 2. The molecule has 1 fully saturated rings. The number of carbonyl (C=O) groups excluding carboxylic acids is 2. The summed E-state index contributed by atoms with van der Waals surface area (Å²) >= 11 is 1.49. The predicted molar refractivity (Wildman–Crippen MR) is 127 cm³/mol. The van der Waals surface area contributed by atoms with Gasteiger partial charge >= 0.3 is 5.97 Å². The molecule has 0 unspecified atom stereocenters. The molecule has 2 heterocycles. The van der Waals surface area contributed by atoms with Gasteiger partial charge in [-0.1, -0.05) is 6.07 Å². The quantitative estimate of drug-likeness (QED) is 0.600. The Labute approximate surface area is 192 Å². The number of carboxylic acids is 1. The number of carbonyl (C=O) groups is 3. The van der Waals surface area contributed by atoms with Crippen molar-refractivity contribution in [3.8, 4) is 0 Å². The summed E-state index contributed by atoms with van der Waals surface area (Å²) in [6.45, 7) is 8.66. The molecule has 9 heteroatoms. The van der Waals surface area contributed by atoms with E-state index < -0.39 is 5.97 Å². The molecule has 2 N–H and O–H groups in total. The van der Waals surface area contributed by atoms with E-state index in [2.05, 4.69) is 15.1 Å². The molecule has 32 heavy (non-hydrogen) atoms. The van der Waals surface area contributed by atoms with Crippen LogP contribution in [-0.4, -0.2) is 78.5 Å². The zero-order valence-electron chi connectivity index (χ0n) is 18.5. The van der Waals surface area contributed by atoms with E-state index in [0.717, 1.165) is 23.7 Å². The van der Waals surface area contributed by atoms with Crippen LogP contribution in [0.2, 0.25) is 0 Å². The fourth-order valence-corrected chi connectivity index (χ4v) is 4.52. The molecule has 0 spiro atoms. The molecule has 0 atom stereocenters. The van der Waals surface area contributed by atoms with Crippen molar-refractivity contribution in [3.05, 3.63) is 46.2 Å². The van der Waals surface area contributed by atoms with Crippen LogP contribution in [-0.2, 0) is 16.0 Å².